The molecular formula is C16H21NO5S. The Labute approximate surface area is 136 Å². The minimum Gasteiger partial charge on any atom is -0.495 e. The standard InChI is InChI=1S/C16H21NO5S/c1-11-3-6-13(7-4-11)17-23(20,21)15-9-12(10-16(18)19)5-8-14(15)22-2/h3,5,8-9,13,17H,4,6-7,10H2,1-2H3,(H,18,19). The van der Waals surface area contributed by atoms with Crippen molar-refractivity contribution in [3.63, 3.8) is 0 Å². The van der Waals surface area contributed by atoms with E-state index in [0.29, 0.717) is 12.0 Å². The third-order valence-corrected chi connectivity index (χ3v) is 5.37. The van der Waals surface area contributed by atoms with Crippen LogP contribution < -0.4 is 9.46 Å². The minimum absolute atomic E-state index is 0.0231. The molecule has 7 heteroatoms. The van der Waals surface area contributed by atoms with Gasteiger partial charge in [0, 0.05) is 6.04 Å². The summed E-state index contributed by atoms with van der Waals surface area (Å²) < 4.78 is 33.1. The smallest absolute Gasteiger partial charge is 0.307 e. The molecule has 0 aliphatic heterocycles. The van der Waals surface area contributed by atoms with Gasteiger partial charge in [0.25, 0.3) is 0 Å². The summed E-state index contributed by atoms with van der Waals surface area (Å²) in [5.41, 5.74) is 1.68. The second kappa shape index (κ2) is 7.14. The van der Waals surface area contributed by atoms with Crippen LogP contribution in [0.1, 0.15) is 31.7 Å². The van der Waals surface area contributed by atoms with Crippen LogP contribution in [-0.2, 0) is 21.2 Å². The summed E-state index contributed by atoms with van der Waals surface area (Å²) in [6.07, 6.45) is 4.07. The number of carboxylic acids is 1. The molecule has 1 aliphatic carbocycles. The molecule has 0 saturated heterocycles. The Balaban J connectivity index is 2.28. The summed E-state index contributed by atoms with van der Waals surface area (Å²) in [6, 6.07) is 4.24. The summed E-state index contributed by atoms with van der Waals surface area (Å²) in [6.45, 7) is 2.03. The lowest BCUT2D eigenvalue weighted by atomic mass is 9.97. The van der Waals surface area contributed by atoms with Gasteiger partial charge < -0.3 is 9.84 Å². The zero-order valence-electron chi connectivity index (χ0n) is 13.2. The average molecular weight is 339 g/mol. The number of benzene rings is 1. The van der Waals surface area contributed by atoms with E-state index in [9.17, 15) is 13.2 Å². The van der Waals surface area contributed by atoms with E-state index in [1.54, 1.807) is 6.07 Å². The van der Waals surface area contributed by atoms with E-state index in [4.69, 9.17) is 9.84 Å². The molecule has 1 aliphatic rings. The van der Waals surface area contributed by atoms with Gasteiger partial charge in [-0.3, -0.25) is 4.79 Å². The molecule has 1 unspecified atom stereocenters. The van der Waals surface area contributed by atoms with Crippen molar-refractivity contribution in [3.05, 3.63) is 35.4 Å². The molecule has 23 heavy (non-hydrogen) atoms. The maximum Gasteiger partial charge on any atom is 0.307 e. The summed E-state index contributed by atoms with van der Waals surface area (Å²) in [5.74, 6) is -0.812. The molecule has 6 nitrogen and oxygen atoms in total. The van der Waals surface area contributed by atoms with E-state index >= 15 is 0 Å². The van der Waals surface area contributed by atoms with E-state index in [1.807, 2.05) is 13.0 Å². The molecule has 1 aromatic carbocycles. The van der Waals surface area contributed by atoms with Crippen LogP contribution in [0.5, 0.6) is 5.75 Å². The van der Waals surface area contributed by atoms with Crippen LogP contribution in [0.4, 0.5) is 0 Å². The molecule has 2 N–H and O–H groups in total. The Morgan fingerprint density at radius 2 is 2.17 bits per heavy atom. The van der Waals surface area contributed by atoms with Crippen molar-refractivity contribution in [2.75, 3.05) is 7.11 Å². The molecule has 1 aromatic rings. The van der Waals surface area contributed by atoms with Gasteiger partial charge in [-0.25, -0.2) is 13.1 Å². The maximum absolute atomic E-state index is 12.6. The molecule has 126 valence electrons. The van der Waals surface area contributed by atoms with Crippen LogP contribution in [0, 0.1) is 0 Å². The first-order valence-corrected chi connectivity index (χ1v) is 8.87. The largest absolute Gasteiger partial charge is 0.495 e. The summed E-state index contributed by atoms with van der Waals surface area (Å²) in [5, 5.41) is 8.87. The fourth-order valence-corrected chi connectivity index (χ4v) is 4.07. The van der Waals surface area contributed by atoms with Gasteiger partial charge >= 0.3 is 5.97 Å². The Morgan fingerprint density at radius 3 is 2.74 bits per heavy atom. The highest BCUT2D eigenvalue weighted by molar-refractivity contribution is 7.89. The number of methoxy groups -OCH3 is 1. The average Bonchev–Trinajstić information content (AvgIpc) is 2.49. The van der Waals surface area contributed by atoms with Crippen molar-refractivity contribution in [2.24, 2.45) is 0 Å². The van der Waals surface area contributed by atoms with Crippen LogP contribution in [0.15, 0.2) is 34.7 Å². The summed E-state index contributed by atoms with van der Waals surface area (Å²) in [7, 11) is -2.39. The predicted octanol–water partition coefficient (Wildman–Crippen LogP) is 2.10. The first-order valence-electron chi connectivity index (χ1n) is 7.38. The van der Waals surface area contributed by atoms with Gasteiger partial charge in [0.05, 0.1) is 13.5 Å². The van der Waals surface area contributed by atoms with E-state index in [2.05, 4.69) is 4.72 Å². The Hall–Kier alpha value is -1.86. The van der Waals surface area contributed by atoms with Crippen LogP contribution >= 0.6 is 0 Å². The molecule has 1 atom stereocenters. The first-order chi connectivity index (χ1) is 10.8. The fraction of sp³-hybridized carbons (Fsp3) is 0.438. The second-order valence-electron chi connectivity index (χ2n) is 5.70. The molecular weight excluding hydrogens is 318 g/mol. The van der Waals surface area contributed by atoms with E-state index in [-0.39, 0.29) is 23.1 Å². The van der Waals surface area contributed by atoms with E-state index < -0.39 is 16.0 Å². The van der Waals surface area contributed by atoms with Gasteiger partial charge in [0.15, 0.2) is 0 Å². The highest BCUT2D eigenvalue weighted by atomic mass is 32.2. The van der Waals surface area contributed by atoms with Crippen LogP contribution in [0.25, 0.3) is 0 Å². The minimum atomic E-state index is -3.78. The quantitative estimate of drug-likeness (QED) is 0.774. The Kier molecular flexibility index (Phi) is 5.43. The topological polar surface area (TPSA) is 92.7 Å². The number of carboxylic acid groups (broad SMARTS) is 1. The number of aliphatic carboxylic acids is 1. The number of hydrogen-bond acceptors (Lipinski definition) is 4. The Bertz CT molecular complexity index is 724. The van der Waals surface area contributed by atoms with Crippen LogP contribution in [-0.4, -0.2) is 32.6 Å². The summed E-state index contributed by atoms with van der Waals surface area (Å²) >= 11 is 0. The van der Waals surface area contributed by atoms with E-state index in [1.165, 1.54) is 24.8 Å². The van der Waals surface area contributed by atoms with Gasteiger partial charge in [-0.05, 0) is 43.9 Å². The first kappa shape index (κ1) is 17.5. The second-order valence-corrected chi connectivity index (χ2v) is 7.38. The van der Waals surface area contributed by atoms with Gasteiger partial charge in [-0.1, -0.05) is 17.7 Å². The number of hydrogen-bond donors (Lipinski definition) is 2. The highest BCUT2D eigenvalue weighted by Gasteiger charge is 2.25. The monoisotopic (exact) mass is 339 g/mol. The summed E-state index contributed by atoms with van der Waals surface area (Å²) in [4.78, 5) is 10.8. The predicted molar refractivity (Wildman–Crippen MR) is 86.1 cm³/mol. The molecule has 0 saturated carbocycles. The third-order valence-electron chi connectivity index (χ3n) is 3.83. The number of sulfonamides is 1. The van der Waals surface area contributed by atoms with E-state index in [0.717, 1.165) is 12.8 Å². The molecule has 0 heterocycles. The molecule has 0 spiro atoms. The zero-order chi connectivity index (χ0) is 17.0. The van der Waals surface area contributed by atoms with Crippen molar-refractivity contribution in [1.29, 1.82) is 0 Å². The number of ether oxygens (including phenoxy) is 1. The van der Waals surface area contributed by atoms with Gasteiger partial charge in [-0.15, -0.1) is 0 Å². The van der Waals surface area contributed by atoms with Gasteiger partial charge in [0.2, 0.25) is 10.0 Å². The SMILES string of the molecule is COc1ccc(CC(=O)O)cc1S(=O)(=O)NC1CC=C(C)CC1. The van der Waals surface area contributed by atoms with Gasteiger partial charge in [-0.2, -0.15) is 0 Å². The molecule has 2 rings (SSSR count). The number of carbonyl (C=O) groups is 1. The van der Waals surface area contributed by atoms with Crippen molar-refractivity contribution in [2.45, 2.75) is 43.5 Å². The fourth-order valence-electron chi connectivity index (χ4n) is 2.57. The van der Waals surface area contributed by atoms with Gasteiger partial charge in [0.1, 0.15) is 10.6 Å². The number of allylic oxidation sites excluding steroid dienone is 1. The normalized spacial score (nSPS) is 18.3. The molecule has 0 aromatic heterocycles. The molecule has 0 amide bonds. The van der Waals surface area contributed by atoms with Crippen LogP contribution in [0.2, 0.25) is 0 Å². The maximum atomic E-state index is 12.6. The Morgan fingerprint density at radius 1 is 1.43 bits per heavy atom. The lowest BCUT2D eigenvalue weighted by Gasteiger charge is -2.22. The van der Waals surface area contributed by atoms with Crippen molar-refractivity contribution in [1.82, 2.24) is 4.72 Å². The third kappa shape index (κ3) is 4.56. The molecule has 0 fully saturated rings. The number of rotatable bonds is 6. The lowest BCUT2D eigenvalue weighted by molar-refractivity contribution is -0.136. The van der Waals surface area contributed by atoms with Crippen molar-refractivity contribution < 1.29 is 23.1 Å². The lowest BCUT2D eigenvalue weighted by Crippen LogP contribution is -2.35. The highest BCUT2D eigenvalue weighted by Crippen LogP contribution is 2.27. The van der Waals surface area contributed by atoms with Crippen LogP contribution in [0.3, 0.4) is 0 Å². The molecule has 0 radical (unpaired) electrons. The number of nitrogens with one attached hydrogen (secondary N) is 1. The van der Waals surface area contributed by atoms with Crippen molar-refractivity contribution in [3.8, 4) is 5.75 Å². The zero-order valence-corrected chi connectivity index (χ0v) is 14.0. The van der Waals surface area contributed by atoms with Crippen molar-refractivity contribution >= 4 is 16.0 Å². The molecule has 0 bridgehead atoms.